The van der Waals surface area contributed by atoms with Crippen LogP contribution < -0.4 is 16.3 Å². The van der Waals surface area contributed by atoms with Gasteiger partial charge in [0, 0.05) is 36.5 Å². The van der Waals surface area contributed by atoms with Crippen molar-refractivity contribution >= 4 is 76.9 Å². The molecule has 0 spiro atoms. The number of carbonyl (C=O) groups excluding carboxylic acids is 2. The molecule has 5 nitrogen and oxygen atoms in total. The summed E-state index contributed by atoms with van der Waals surface area (Å²) >= 11 is 15.5. The molecule has 0 atom stereocenters. The molecular weight excluding hydrogens is 530 g/mol. The number of primary amides is 1. The van der Waals surface area contributed by atoms with Crippen molar-refractivity contribution in [2.24, 2.45) is 11.7 Å². The van der Waals surface area contributed by atoms with E-state index < -0.39 is 8.88 Å². The van der Waals surface area contributed by atoms with Crippen LogP contribution in [0, 0.1) is 12.8 Å². The van der Waals surface area contributed by atoms with Gasteiger partial charge in [-0.05, 0) is 25.3 Å². The van der Waals surface area contributed by atoms with E-state index in [4.69, 9.17) is 34.5 Å². The lowest BCUT2D eigenvalue weighted by atomic mass is 9.96. The van der Waals surface area contributed by atoms with E-state index in [-0.39, 0.29) is 24.3 Å². The van der Waals surface area contributed by atoms with Crippen LogP contribution in [0.15, 0.2) is 48.5 Å². The van der Waals surface area contributed by atoms with Crippen molar-refractivity contribution in [3.8, 4) is 0 Å². The van der Waals surface area contributed by atoms with E-state index in [0.29, 0.717) is 13.1 Å². The predicted octanol–water partition coefficient (Wildman–Crippen LogP) is 4.27. The number of aryl methyl sites for hydroxylation is 1. The topological polar surface area (TPSA) is 83.6 Å². The Balaban J connectivity index is 0.000000218. The van der Waals surface area contributed by atoms with Gasteiger partial charge in [-0.25, -0.2) is 0 Å². The molecular formula is C22H28N2O3P2S4. The van der Waals surface area contributed by atoms with Gasteiger partial charge in [0.1, 0.15) is 0 Å². The summed E-state index contributed by atoms with van der Waals surface area (Å²) in [4.78, 5) is 23.4. The molecule has 2 aliphatic rings. The molecule has 33 heavy (non-hydrogen) atoms. The highest BCUT2D eigenvalue weighted by Gasteiger charge is 2.45. The first-order valence-corrected chi connectivity index (χ1v) is 20.2. The third-order valence-electron chi connectivity index (χ3n) is 5.56. The Morgan fingerprint density at radius 1 is 1.00 bits per heavy atom. The molecule has 0 saturated carbocycles. The molecule has 0 aromatic heterocycles. The third-order valence-corrected chi connectivity index (χ3v) is 36.8. The van der Waals surface area contributed by atoms with Crippen molar-refractivity contribution in [2.75, 3.05) is 13.1 Å². The molecule has 2 fully saturated rings. The number of aliphatic hydroxyl groups is 1. The number of amides is 2. The van der Waals surface area contributed by atoms with Crippen LogP contribution in [0.2, 0.25) is 0 Å². The van der Waals surface area contributed by atoms with Crippen LogP contribution >= 0.6 is 30.9 Å². The van der Waals surface area contributed by atoms with Crippen molar-refractivity contribution < 1.29 is 14.7 Å². The van der Waals surface area contributed by atoms with Gasteiger partial charge in [-0.2, -0.15) is 0 Å². The van der Waals surface area contributed by atoms with E-state index in [2.05, 4.69) is 43.3 Å². The van der Waals surface area contributed by atoms with Crippen molar-refractivity contribution in [3.63, 3.8) is 0 Å². The van der Waals surface area contributed by atoms with E-state index in [1.165, 1.54) is 16.2 Å². The Morgan fingerprint density at radius 2 is 1.45 bits per heavy atom. The Morgan fingerprint density at radius 3 is 1.85 bits per heavy atom. The van der Waals surface area contributed by atoms with Crippen LogP contribution in [0.3, 0.4) is 0 Å². The minimum atomic E-state index is -1.64. The normalized spacial score (nSPS) is 24.9. The fraction of sp³-hybridized carbons (Fsp3) is 0.364. The van der Waals surface area contributed by atoms with Gasteiger partial charge in [-0.15, -0.1) is 0 Å². The van der Waals surface area contributed by atoms with E-state index in [0.717, 1.165) is 18.4 Å². The molecule has 0 aliphatic carbocycles. The molecule has 2 amide bonds. The second-order valence-corrected chi connectivity index (χ2v) is 29.3. The number of piperidine rings is 1. The monoisotopic (exact) mass is 558 g/mol. The lowest BCUT2D eigenvalue weighted by Gasteiger charge is -2.40. The molecule has 0 bridgehead atoms. The number of hydrogen-bond donors (Lipinski definition) is 2. The maximum Gasteiger partial charge on any atom is 0.220 e. The van der Waals surface area contributed by atoms with Gasteiger partial charge < -0.3 is 15.7 Å². The maximum absolute atomic E-state index is 10.9. The number of aliphatic hydroxyl groups excluding tert-OH is 1. The highest BCUT2D eigenvalue weighted by Crippen LogP contribution is 3.04. The highest BCUT2D eigenvalue weighted by molar-refractivity contribution is 9.48. The van der Waals surface area contributed by atoms with Gasteiger partial charge in [0.05, 0.1) is 15.5 Å². The molecule has 0 unspecified atom stereocenters. The summed E-state index contributed by atoms with van der Waals surface area (Å²) in [6, 6.07) is 16.6. The van der Waals surface area contributed by atoms with Crippen LogP contribution in [0.25, 0.3) is 0 Å². The van der Waals surface area contributed by atoms with Gasteiger partial charge in [-0.3, -0.25) is 9.59 Å². The molecule has 178 valence electrons. The average molecular weight is 559 g/mol. The lowest BCUT2D eigenvalue weighted by Crippen LogP contribution is -2.40. The highest BCUT2D eigenvalue weighted by atomic mass is 33.7. The number of benzene rings is 2. The summed E-state index contributed by atoms with van der Waals surface area (Å²) < 4.78 is -3.25. The van der Waals surface area contributed by atoms with Crippen molar-refractivity contribution in [1.29, 1.82) is 0 Å². The summed E-state index contributed by atoms with van der Waals surface area (Å²) in [5, 5.41) is 11.6. The van der Waals surface area contributed by atoms with Gasteiger partial charge in [0.25, 0.3) is 0 Å². The van der Waals surface area contributed by atoms with Gasteiger partial charge >= 0.3 is 0 Å². The average Bonchev–Trinajstić information content (AvgIpc) is 2.79. The van der Waals surface area contributed by atoms with Crippen molar-refractivity contribution in [2.45, 2.75) is 33.3 Å². The van der Waals surface area contributed by atoms with Crippen LogP contribution in [0.5, 0.6) is 0 Å². The van der Waals surface area contributed by atoms with Gasteiger partial charge in [0.2, 0.25) is 11.8 Å². The zero-order chi connectivity index (χ0) is 24.2. The Hall–Kier alpha value is -0.660. The second-order valence-electron chi connectivity index (χ2n) is 8.00. The standard InChI is InChI=1S/C14H14OP2S4.C8H14N2O2/c1-11-2-6-13(7-3-11)16(18)20-17(19,21-16)14-8-4-12(10-15)5-9-14;1-6(11)10-4-2-7(3-5-10)8(9)12/h2-9,15H,10H2,1H3;7H,2-5H2,1H3,(H2,9,12). The minimum Gasteiger partial charge on any atom is -0.392 e. The summed E-state index contributed by atoms with van der Waals surface area (Å²) in [5.41, 5.74) is 7.33. The number of carbonyl (C=O) groups is 2. The fourth-order valence-electron chi connectivity index (χ4n) is 3.47. The molecule has 2 heterocycles. The van der Waals surface area contributed by atoms with Crippen molar-refractivity contribution in [1.82, 2.24) is 4.90 Å². The molecule has 2 aliphatic heterocycles. The third kappa shape index (κ3) is 6.72. The second kappa shape index (κ2) is 11.4. The SMILES string of the molecule is CC(=O)N1CCC(C(N)=O)CC1.Cc1ccc(P2(=S)SP(=S)(c3ccc(CO)cc3)S2)cc1. The first-order valence-electron chi connectivity index (χ1n) is 10.5. The number of likely N-dealkylation sites (tertiary alicyclic amines) is 1. The molecule has 2 aromatic carbocycles. The van der Waals surface area contributed by atoms with E-state index >= 15 is 0 Å². The zero-order valence-corrected chi connectivity index (χ0v) is 23.6. The molecule has 2 aromatic rings. The van der Waals surface area contributed by atoms with E-state index in [1.807, 2.05) is 34.1 Å². The largest absolute Gasteiger partial charge is 0.392 e. The number of rotatable bonds is 4. The maximum atomic E-state index is 10.9. The van der Waals surface area contributed by atoms with Crippen LogP contribution in [0.1, 0.15) is 30.9 Å². The summed E-state index contributed by atoms with van der Waals surface area (Å²) in [5.74, 6) is -0.184. The molecule has 3 N–H and O–H groups in total. The molecule has 0 radical (unpaired) electrons. The molecule has 2 saturated heterocycles. The summed E-state index contributed by atoms with van der Waals surface area (Å²) in [6.07, 6.45) is 1.43. The number of nitrogens with two attached hydrogens (primary N) is 1. The Bertz CT molecular complexity index is 1070. The fourth-order valence-corrected chi connectivity index (χ4v) is 45.7. The molecule has 11 heteroatoms. The summed E-state index contributed by atoms with van der Waals surface area (Å²) in [7, 11) is 0. The van der Waals surface area contributed by atoms with Crippen molar-refractivity contribution in [3.05, 3.63) is 59.7 Å². The van der Waals surface area contributed by atoms with Crippen LogP contribution in [0.4, 0.5) is 0 Å². The lowest BCUT2D eigenvalue weighted by molar-refractivity contribution is -0.132. The van der Waals surface area contributed by atoms with Crippen LogP contribution in [-0.4, -0.2) is 34.9 Å². The van der Waals surface area contributed by atoms with E-state index in [9.17, 15) is 9.59 Å². The smallest absolute Gasteiger partial charge is 0.220 e. The number of hydrogen-bond acceptors (Lipinski definition) is 7. The van der Waals surface area contributed by atoms with Crippen LogP contribution in [-0.2, 0) is 39.8 Å². The van der Waals surface area contributed by atoms with Gasteiger partial charge in [-0.1, -0.05) is 99.7 Å². The zero-order valence-electron chi connectivity index (χ0n) is 18.5. The van der Waals surface area contributed by atoms with E-state index in [1.54, 1.807) is 11.8 Å². The van der Waals surface area contributed by atoms with Gasteiger partial charge in [0.15, 0.2) is 0 Å². The minimum absolute atomic E-state index is 0.0272. The number of nitrogens with zero attached hydrogens (tertiary/aromatic N) is 1. The quantitative estimate of drug-likeness (QED) is 0.543. The first kappa shape index (κ1) is 26.9. The Labute approximate surface area is 213 Å². The predicted molar refractivity (Wildman–Crippen MR) is 151 cm³/mol. The first-order chi connectivity index (χ1) is 15.6. The summed E-state index contributed by atoms with van der Waals surface area (Å²) in [6.45, 7) is 5.05. The molecule has 4 rings (SSSR count). The Kier molecular flexibility index (Phi) is 9.29.